The molecule has 0 aromatic heterocycles. The Morgan fingerprint density at radius 1 is 0.688 bits per heavy atom. The summed E-state index contributed by atoms with van der Waals surface area (Å²) in [5.74, 6) is 4.24. The molecule has 0 heterocycles. The van der Waals surface area contributed by atoms with Crippen molar-refractivity contribution in [3.63, 3.8) is 0 Å². The lowest BCUT2D eigenvalue weighted by molar-refractivity contribution is 0.201. The van der Waals surface area contributed by atoms with Crippen molar-refractivity contribution in [2.45, 2.75) is 71.6 Å². The van der Waals surface area contributed by atoms with Crippen LogP contribution in [0.25, 0.3) is 0 Å². The van der Waals surface area contributed by atoms with E-state index in [1.165, 1.54) is 51.4 Å². The van der Waals surface area contributed by atoms with Crippen LogP contribution in [0.3, 0.4) is 0 Å². The number of hydrogen-bond donors (Lipinski definition) is 0. The molecule has 98 valence electrons. The summed E-state index contributed by atoms with van der Waals surface area (Å²) in [4.78, 5) is 0. The maximum Gasteiger partial charge on any atom is 0 e. The van der Waals surface area contributed by atoms with Gasteiger partial charge in [-0.3, -0.25) is 0 Å². The summed E-state index contributed by atoms with van der Waals surface area (Å²) in [6.07, 6.45) is 13.7. The Morgan fingerprint density at radius 2 is 1.00 bits per heavy atom. The Balaban J connectivity index is 0.00000128. The zero-order chi connectivity index (χ0) is 10.7. The average molecular weight is 228 g/mol. The average Bonchev–Trinajstić information content (AvgIpc) is 2.25. The highest BCUT2D eigenvalue weighted by Gasteiger charge is 2.24. The van der Waals surface area contributed by atoms with E-state index >= 15 is 0 Å². The van der Waals surface area contributed by atoms with Gasteiger partial charge in [0.2, 0.25) is 0 Å². The Hall–Kier alpha value is -0.0400. The molecule has 1 heteroatoms. The molecule has 0 atom stereocenters. The maximum atomic E-state index is 2.43. The zero-order valence-electron chi connectivity index (χ0n) is 11.2. The molecule has 1 nitrogen and oxygen atoms in total. The summed E-state index contributed by atoms with van der Waals surface area (Å²) in [6, 6.07) is 0. The van der Waals surface area contributed by atoms with E-state index in [9.17, 15) is 0 Å². The highest BCUT2D eigenvalue weighted by molar-refractivity contribution is 4.76. The van der Waals surface area contributed by atoms with E-state index in [2.05, 4.69) is 13.8 Å². The maximum absolute atomic E-state index is 2.43. The monoisotopic (exact) mass is 228 g/mol. The van der Waals surface area contributed by atoms with E-state index in [-0.39, 0.29) is 6.90 Å². The van der Waals surface area contributed by atoms with Crippen molar-refractivity contribution in [2.75, 3.05) is 0 Å². The molecule has 2 aliphatic rings. The minimum Gasteiger partial charge on any atom is -0.412 e. The zero-order valence-corrected chi connectivity index (χ0v) is 11.2. The van der Waals surface area contributed by atoms with Crippen LogP contribution in [0.4, 0.5) is 0 Å². The lowest BCUT2D eigenvalue weighted by Gasteiger charge is -2.32. The van der Waals surface area contributed by atoms with E-state index < -0.39 is 0 Å². The van der Waals surface area contributed by atoms with Gasteiger partial charge in [-0.1, -0.05) is 65.2 Å². The number of rotatable bonds is 2. The van der Waals surface area contributed by atoms with Crippen molar-refractivity contribution in [1.29, 1.82) is 0 Å². The standard InChI is InChI=1S/C15H28.H2O.H2/c1-12-3-7-14(8-4-12)11-15-9-5-13(2)6-10-15;;/h12-15H,3-11H2,1-2H3;1H2;1H. The van der Waals surface area contributed by atoms with Gasteiger partial charge >= 0.3 is 0 Å². The lowest BCUT2D eigenvalue weighted by Crippen LogP contribution is -2.19. The first-order valence-corrected chi connectivity index (χ1v) is 7.24. The van der Waals surface area contributed by atoms with Crippen LogP contribution in [-0.4, -0.2) is 5.48 Å². The second kappa shape index (κ2) is 6.64. The Kier molecular flexibility index (Phi) is 5.82. The quantitative estimate of drug-likeness (QED) is 0.669. The van der Waals surface area contributed by atoms with Crippen molar-refractivity contribution in [1.82, 2.24) is 0 Å². The third kappa shape index (κ3) is 4.08. The van der Waals surface area contributed by atoms with Gasteiger partial charge in [-0.05, 0) is 30.1 Å². The van der Waals surface area contributed by atoms with Crippen LogP contribution < -0.4 is 0 Å². The Labute approximate surface area is 103 Å². The van der Waals surface area contributed by atoms with Gasteiger partial charge in [-0.25, -0.2) is 0 Å². The van der Waals surface area contributed by atoms with Crippen LogP contribution in [-0.2, 0) is 0 Å². The summed E-state index contributed by atoms with van der Waals surface area (Å²) in [5, 5.41) is 0. The molecule has 0 saturated heterocycles. The minimum atomic E-state index is 0. The third-order valence-corrected chi connectivity index (χ3v) is 4.94. The minimum absolute atomic E-state index is 0. The molecule has 0 aromatic carbocycles. The summed E-state index contributed by atoms with van der Waals surface area (Å²) < 4.78 is 0. The van der Waals surface area contributed by atoms with Gasteiger partial charge < -0.3 is 5.48 Å². The van der Waals surface area contributed by atoms with E-state index in [1.807, 2.05) is 0 Å². The molecule has 2 saturated carbocycles. The largest absolute Gasteiger partial charge is 0.412 e. The summed E-state index contributed by atoms with van der Waals surface area (Å²) in [5.41, 5.74) is 0. The first-order chi connectivity index (χ1) is 7.24. The van der Waals surface area contributed by atoms with E-state index in [1.54, 1.807) is 6.42 Å². The molecule has 16 heavy (non-hydrogen) atoms. The first kappa shape index (κ1) is 14.0. The van der Waals surface area contributed by atoms with Crippen molar-refractivity contribution in [3.05, 3.63) is 0 Å². The molecule has 0 aliphatic heterocycles. The van der Waals surface area contributed by atoms with Crippen molar-refractivity contribution in [3.8, 4) is 0 Å². The van der Waals surface area contributed by atoms with Crippen LogP contribution in [0.1, 0.15) is 73.1 Å². The highest BCUT2D eigenvalue weighted by atomic mass is 16.0. The van der Waals surface area contributed by atoms with Gasteiger partial charge in [0.05, 0.1) is 0 Å². The fourth-order valence-corrected chi connectivity index (χ4v) is 3.60. The van der Waals surface area contributed by atoms with Crippen LogP contribution in [0.2, 0.25) is 0 Å². The Morgan fingerprint density at radius 3 is 1.31 bits per heavy atom. The van der Waals surface area contributed by atoms with Gasteiger partial charge in [0.15, 0.2) is 0 Å². The van der Waals surface area contributed by atoms with Gasteiger partial charge in [-0.15, -0.1) is 0 Å². The fraction of sp³-hybridized carbons (Fsp3) is 1.00. The second-order valence-electron chi connectivity index (χ2n) is 6.49. The fourth-order valence-electron chi connectivity index (χ4n) is 3.60. The van der Waals surface area contributed by atoms with E-state index in [4.69, 9.17) is 0 Å². The normalized spacial score (nSPS) is 40.1. The molecule has 0 aromatic rings. The van der Waals surface area contributed by atoms with E-state index in [0.717, 1.165) is 23.7 Å². The molecule has 0 amide bonds. The van der Waals surface area contributed by atoms with E-state index in [0.29, 0.717) is 0 Å². The second-order valence-corrected chi connectivity index (χ2v) is 6.49. The van der Waals surface area contributed by atoms with Crippen LogP contribution in [0.15, 0.2) is 0 Å². The third-order valence-electron chi connectivity index (χ3n) is 4.94. The predicted molar refractivity (Wildman–Crippen MR) is 72.6 cm³/mol. The van der Waals surface area contributed by atoms with Crippen LogP contribution in [0, 0.1) is 23.7 Å². The molecule has 2 rings (SSSR count). The molecule has 0 radical (unpaired) electrons. The molecule has 2 aliphatic carbocycles. The molecule has 0 unspecified atom stereocenters. The summed E-state index contributed by atoms with van der Waals surface area (Å²) in [7, 11) is 0. The SMILES string of the molecule is CC1CCC(CC2CCC(C)CC2)CC1.O.[HH]. The highest BCUT2D eigenvalue weighted by Crippen LogP contribution is 2.37. The molecule has 2 N–H and O–H groups in total. The van der Waals surface area contributed by atoms with Gasteiger partial charge in [0.1, 0.15) is 0 Å². The van der Waals surface area contributed by atoms with Crippen molar-refractivity contribution in [2.24, 2.45) is 23.7 Å². The Bertz CT molecular complexity index is 159. The summed E-state index contributed by atoms with van der Waals surface area (Å²) >= 11 is 0. The lowest BCUT2D eigenvalue weighted by atomic mass is 9.74. The molecular weight excluding hydrogens is 196 g/mol. The van der Waals surface area contributed by atoms with Crippen molar-refractivity contribution >= 4 is 0 Å². The van der Waals surface area contributed by atoms with Gasteiger partial charge in [-0.2, -0.15) is 0 Å². The summed E-state index contributed by atoms with van der Waals surface area (Å²) in [6.45, 7) is 4.86. The smallest absolute Gasteiger partial charge is 0 e. The molecule has 0 bridgehead atoms. The van der Waals surface area contributed by atoms with Crippen molar-refractivity contribution < 1.29 is 6.90 Å². The predicted octanol–water partition coefficient (Wildman–Crippen LogP) is 4.45. The van der Waals surface area contributed by atoms with Crippen LogP contribution in [0.5, 0.6) is 0 Å². The van der Waals surface area contributed by atoms with Crippen LogP contribution >= 0.6 is 0 Å². The van der Waals surface area contributed by atoms with Gasteiger partial charge in [0.25, 0.3) is 0 Å². The first-order valence-electron chi connectivity index (χ1n) is 7.24. The molecule has 0 spiro atoms. The number of hydrogen-bond acceptors (Lipinski definition) is 0. The topological polar surface area (TPSA) is 31.5 Å². The molecule has 2 fully saturated rings. The van der Waals surface area contributed by atoms with Gasteiger partial charge in [0, 0.05) is 1.43 Å². The molecular formula is C15H32O.